The fourth-order valence-corrected chi connectivity index (χ4v) is 1.86. The van der Waals surface area contributed by atoms with Crippen LogP contribution >= 0.6 is 0 Å². The zero-order valence-corrected chi connectivity index (χ0v) is 10.4. The van der Waals surface area contributed by atoms with Crippen LogP contribution in [-0.4, -0.2) is 26.3 Å². The second-order valence-electron chi connectivity index (χ2n) is 4.11. The monoisotopic (exact) mass is 244 g/mol. The van der Waals surface area contributed by atoms with Gasteiger partial charge in [0, 0.05) is 7.11 Å². The van der Waals surface area contributed by atoms with E-state index in [-0.39, 0.29) is 5.97 Å². The van der Waals surface area contributed by atoms with Crippen LogP contribution in [0.4, 0.5) is 0 Å². The Hall–Kier alpha value is -1.87. The van der Waals surface area contributed by atoms with Crippen LogP contribution in [-0.2, 0) is 9.47 Å². The SMILES string of the molecule is COCC1=C(COC(=O)c2ccccc2)CC=C1. The smallest absolute Gasteiger partial charge is 0.338 e. The largest absolute Gasteiger partial charge is 0.458 e. The Morgan fingerprint density at radius 1 is 1.22 bits per heavy atom. The number of ether oxygens (including phenoxy) is 2. The minimum Gasteiger partial charge on any atom is -0.458 e. The molecule has 0 saturated carbocycles. The third-order valence-corrected chi connectivity index (χ3v) is 2.82. The first kappa shape index (κ1) is 12.6. The molecule has 0 unspecified atom stereocenters. The number of hydrogen-bond donors (Lipinski definition) is 0. The second-order valence-corrected chi connectivity index (χ2v) is 4.11. The Labute approximate surface area is 107 Å². The van der Waals surface area contributed by atoms with Gasteiger partial charge in [-0.2, -0.15) is 0 Å². The fourth-order valence-electron chi connectivity index (χ4n) is 1.86. The highest BCUT2D eigenvalue weighted by atomic mass is 16.5. The van der Waals surface area contributed by atoms with E-state index in [1.807, 2.05) is 24.3 Å². The van der Waals surface area contributed by atoms with Crippen molar-refractivity contribution in [3.63, 3.8) is 0 Å². The number of methoxy groups -OCH3 is 1. The molecule has 0 amide bonds. The van der Waals surface area contributed by atoms with Crippen molar-refractivity contribution in [1.82, 2.24) is 0 Å². The third kappa shape index (κ3) is 3.08. The van der Waals surface area contributed by atoms with Crippen LogP contribution in [0.5, 0.6) is 0 Å². The third-order valence-electron chi connectivity index (χ3n) is 2.82. The molecule has 0 atom stereocenters. The molecule has 18 heavy (non-hydrogen) atoms. The van der Waals surface area contributed by atoms with E-state index < -0.39 is 0 Å². The van der Waals surface area contributed by atoms with Crippen LogP contribution < -0.4 is 0 Å². The summed E-state index contributed by atoms with van der Waals surface area (Å²) < 4.78 is 10.4. The molecule has 0 heterocycles. The van der Waals surface area contributed by atoms with Crippen molar-refractivity contribution in [2.75, 3.05) is 20.3 Å². The average molecular weight is 244 g/mol. The van der Waals surface area contributed by atoms with E-state index in [1.165, 1.54) is 0 Å². The molecule has 0 aromatic heterocycles. The summed E-state index contributed by atoms with van der Waals surface area (Å²) in [6.45, 7) is 0.897. The molecule has 0 bridgehead atoms. The predicted octanol–water partition coefficient (Wildman–Crippen LogP) is 2.75. The summed E-state index contributed by atoms with van der Waals surface area (Å²) in [7, 11) is 1.66. The van der Waals surface area contributed by atoms with Gasteiger partial charge in [-0.05, 0) is 29.7 Å². The van der Waals surface area contributed by atoms with E-state index in [2.05, 4.69) is 6.08 Å². The molecular formula is C15H16O3. The van der Waals surface area contributed by atoms with E-state index >= 15 is 0 Å². The summed E-state index contributed by atoms with van der Waals surface area (Å²) in [5, 5.41) is 0. The maximum absolute atomic E-state index is 11.8. The van der Waals surface area contributed by atoms with Gasteiger partial charge in [-0.3, -0.25) is 0 Å². The molecule has 0 fully saturated rings. The molecule has 1 aromatic rings. The summed E-state index contributed by atoms with van der Waals surface area (Å²) >= 11 is 0. The van der Waals surface area contributed by atoms with Gasteiger partial charge >= 0.3 is 5.97 Å². The quantitative estimate of drug-likeness (QED) is 0.747. The molecule has 2 rings (SSSR count). The molecule has 1 aliphatic rings. The van der Waals surface area contributed by atoms with Gasteiger partial charge in [0.1, 0.15) is 6.61 Å². The first-order valence-electron chi connectivity index (χ1n) is 5.90. The van der Waals surface area contributed by atoms with E-state index in [0.29, 0.717) is 18.8 Å². The molecule has 0 N–H and O–H groups in total. The summed E-state index contributed by atoms with van der Waals surface area (Å²) in [5.74, 6) is -0.285. The molecule has 1 aromatic carbocycles. The zero-order chi connectivity index (χ0) is 12.8. The van der Waals surface area contributed by atoms with Crippen molar-refractivity contribution in [2.45, 2.75) is 6.42 Å². The lowest BCUT2D eigenvalue weighted by Crippen LogP contribution is -2.09. The number of rotatable bonds is 5. The lowest BCUT2D eigenvalue weighted by atomic mass is 10.1. The maximum Gasteiger partial charge on any atom is 0.338 e. The van der Waals surface area contributed by atoms with Crippen molar-refractivity contribution in [1.29, 1.82) is 0 Å². The van der Waals surface area contributed by atoms with Crippen LogP contribution in [0.1, 0.15) is 16.8 Å². The van der Waals surface area contributed by atoms with Gasteiger partial charge in [0.05, 0.1) is 12.2 Å². The van der Waals surface area contributed by atoms with Gasteiger partial charge in [-0.1, -0.05) is 30.4 Å². The Morgan fingerprint density at radius 3 is 2.72 bits per heavy atom. The van der Waals surface area contributed by atoms with Gasteiger partial charge in [0.15, 0.2) is 0 Å². The van der Waals surface area contributed by atoms with Crippen LogP contribution in [0.2, 0.25) is 0 Å². The van der Waals surface area contributed by atoms with E-state index in [4.69, 9.17) is 9.47 Å². The van der Waals surface area contributed by atoms with Gasteiger partial charge in [0.25, 0.3) is 0 Å². The van der Waals surface area contributed by atoms with Gasteiger partial charge in [0.2, 0.25) is 0 Å². The number of benzene rings is 1. The first-order valence-corrected chi connectivity index (χ1v) is 5.90. The molecule has 3 heteroatoms. The Bertz CT molecular complexity index is 472. The number of esters is 1. The van der Waals surface area contributed by atoms with Crippen molar-refractivity contribution < 1.29 is 14.3 Å². The molecule has 94 valence electrons. The molecule has 3 nitrogen and oxygen atoms in total. The minimum absolute atomic E-state index is 0.285. The highest BCUT2D eigenvalue weighted by Gasteiger charge is 2.12. The van der Waals surface area contributed by atoms with Crippen molar-refractivity contribution in [3.8, 4) is 0 Å². The average Bonchev–Trinajstić information content (AvgIpc) is 2.85. The van der Waals surface area contributed by atoms with Gasteiger partial charge < -0.3 is 9.47 Å². The van der Waals surface area contributed by atoms with Crippen molar-refractivity contribution >= 4 is 5.97 Å². The van der Waals surface area contributed by atoms with Gasteiger partial charge in [-0.15, -0.1) is 0 Å². The molecular weight excluding hydrogens is 228 g/mol. The molecule has 1 aliphatic carbocycles. The lowest BCUT2D eigenvalue weighted by Gasteiger charge is -2.08. The summed E-state index contributed by atoms with van der Waals surface area (Å²) in [4.78, 5) is 11.8. The van der Waals surface area contributed by atoms with E-state index in [9.17, 15) is 4.79 Å². The molecule has 0 aliphatic heterocycles. The Balaban J connectivity index is 1.92. The standard InChI is InChI=1S/C15H16O3/c1-17-10-13-8-5-9-14(13)11-18-15(16)12-6-3-2-4-7-12/h2-8H,9-11H2,1H3. The van der Waals surface area contributed by atoms with Gasteiger partial charge in [-0.25, -0.2) is 4.79 Å². The molecule has 0 spiro atoms. The predicted molar refractivity (Wildman–Crippen MR) is 69.4 cm³/mol. The van der Waals surface area contributed by atoms with Crippen LogP contribution in [0.15, 0.2) is 53.6 Å². The number of allylic oxidation sites excluding steroid dienone is 1. The fraction of sp³-hybridized carbons (Fsp3) is 0.267. The summed E-state index contributed by atoms with van der Waals surface area (Å²) in [5.41, 5.74) is 2.80. The first-order chi connectivity index (χ1) is 8.81. The lowest BCUT2D eigenvalue weighted by molar-refractivity contribution is 0.0537. The zero-order valence-electron chi connectivity index (χ0n) is 10.4. The highest BCUT2D eigenvalue weighted by molar-refractivity contribution is 5.89. The highest BCUT2D eigenvalue weighted by Crippen LogP contribution is 2.19. The number of carbonyl (C=O) groups is 1. The van der Waals surface area contributed by atoms with Crippen LogP contribution in [0.3, 0.4) is 0 Å². The Morgan fingerprint density at radius 2 is 2.00 bits per heavy atom. The Kier molecular flexibility index (Phi) is 4.31. The molecule has 0 saturated heterocycles. The number of hydrogen-bond acceptors (Lipinski definition) is 3. The summed E-state index contributed by atoms with van der Waals surface area (Å²) in [6.07, 6.45) is 4.91. The molecule has 0 radical (unpaired) electrons. The maximum atomic E-state index is 11.8. The van der Waals surface area contributed by atoms with Crippen LogP contribution in [0.25, 0.3) is 0 Å². The number of carbonyl (C=O) groups excluding carboxylic acids is 1. The van der Waals surface area contributed by atoms with Crippen LogP contribution in [0, 0.1) is 0 Å². The second kappa shape index (κ2) is 6.17. The minimum atomic E-state index is -0.285. The van der Waals surface area contributed by atoms with E-state index in [1.54, 1.807) is 19.2 Å². The topological polar surface area (TPSA) is 35.5 Å². The van der Waals surface area contributed by atoms with Crippen molar-refractivity contribution in [2.24, 2.45) is 0 Å². The van der Waals surface area contributed by atoms with Crippen molar-refractivity contribution in [3.05, 3.63) is 59.2 Å². The van der Waals surface area contributed by atoms with E-state index in [0.717, 1.165) is 17.6 Å². The summed E-state index contributed by atoms with van der Waals surface area (Å²) in [6, 6.07) is 9.02. The normalized spacial score (nSPS) is 14.1.